The summed E-state index contributed by atoms with van der Waals surface area (Å²) in [4.78, 5) is 16.8. The minimum absolute atomic E-state index is 0. The normalized spacial score (nSPS) is 21.1. The molecule has 1 aliphatic rings. The summed E-state index contributed by atoms with van der Waals surface area (Å²) < 4.78 is 2.22. The van der Waals surface area contributed by atoms with E-state index in [0.29, 0.717) is 12.0 Å². The van der Waals surface area contributed by atoms with E-state index in [4.69, 9.17) is 0 Å². The second-order valence-electron chi connectivity index (χ2n) is 6.43. The Kier molecular flexibility index (Phi) is 7.24. The van der Waals surface area contributed by atoms with Gasteiger partial charge in [-0.3, -0.25) is 4.99 Å². The standard InChI is InChI=1S/C17H26N6S.HI/c1-12-5-7-22(10-15(12)23-8-6-19-11-23)17(18-4)20-9-16-13(2)21-14(3)24-16;/h6,8,11-12,15H,5,7,9-10H2,1-4H3,(H,18,20);1H. The number of aliphatic imine (C=N–C) groups is 1. The highest BCUT2D eigenvalue weighted by atomic mass is 127. The minimum atomic E-state index is 0. The zero-order valence-electron chi connectivity index (χ0n) is 15.3. The van der Waals surface area contributed by atoms with Crippen molar-refractivity contribution < 1.29 is 0 Å². The highest BCUT2D eigenvalue weighted by molar-refractivity contribution is 14.0. The quantitative estimate of drug-likeness (QED) is 0.422. The Hall–Kier alpha value is -1.16. The van der Waals surface area contributed by atoms with Gasteiger partial charge in [-0.25, -0.2) is 9.97 Å². The number of halogens is 1. The fourth-order valence-corrected chi connectivity index (χ4v) is 4.20. The Labute approximate surface area is 170 Å². The van der Waals surface area contributed by atoms with Crippen LogP contribution in [0.3, 0.4) is 0 Å². The first-order valence-electron chi connectivity index (χ1n) is 8.44. The van der Waals surface area contributed by atoms with Gasteiger partial charge in [0.25, 0.3) is 0 Å². The number of imidazole rings is 1. The van der Waals surface area contributed by atoms with Crippen molar-refractivity contribution in [1.29, 1.82) is 0 Å². The van der Waals surface area contributed by atoms with Crippen molar-refractivity contribution in [2.75, 3.05) is 20.1 Å². The van der Waals surface area contributed by atoms with Crippen LogP contribution in [0.2, 0.25) is 0 Å². The van der Waals surface area contributed by atoms with Crippen LogP contribution in [0.15, 0.2) is 23.7 Å². The molecule has 138 valence electrons. The van der Waals surface area contributed by atoms with E-state index in [1.807, 2.05) is 19.6 Å². The minimum Gasteiger partial charge on any atom is -0.351 e. The Morgan fingerprint density at radius 1 is 1.44 bits per heavy atom. The highest BCUT2D eigenvalue weighted by Crippen LogP contribution is 2.27. The Morgan fingerprint density at radius 2 is 2.24 bits per heavy atom. The summed E-state index contributed by atoms with van der Waals surface area (Å²) in [6.45, 7) is 9.22. The fourth-order valence-electron chi connectivity index (χ4n) is 3.32. The summed E-state index contributed by atoms with van der Waals surface area (Å²) in [5.74, 6) is 1.61. The number of aryl methyl sites for hydroxylation is 2. The molecule has 25 heavy (non-hydrogen) atoms. The van der Waals surface area contributed by atoms with E-state index < -0.39 is 0 Å². The molecule has 1 fully saturated rings. The van der Waals surface area contributed by atoms with Crippen molar-refractivity contribution in [3.05, 3.63) is 34.3 Å². The third-order valence-electron chi connectivity index (χ3n) is 4.74. The number of piperidine rings is 1. The molecule has 0 aromatic carbocycles. The molecular formula is C17H27IN6S. The van der Waals surface area contributed by atoms with Gasteiger partial charge in [-0.15, -0.1) is 35.3 Å². The molecule has 0 radical (unpaired) electrons. The molecule has 2 aromatic rings. The number of likely N-dealkylation sites (tertiary alicyclic amines) is 1. The lowest BCUT2D eigenvalue weighted by Crippen LogP contribution is -2.48. The van der Waals surface area contributed by atoms with Gasteiger partial charge in [0.15, 0.2) is 5.96 Å². The largest absolute Gasteiger partial charge is 0.351 e. The SMILES string of the molecule is CN=C(NCc1sc(C)nc1C)N1CCC(C)C(n2ccnc2)C1.I. The first-order chi connectivity index (χ1) is 11.6. The molecule has 1 N–H and O–H groups in total. The predicted molar refractivity (Wildman–Crippen MR) is 114 cm³/mol. The summed E-state index contributed by atoms with van der Waals surface area (Å²) >= 11 is 1.75. The third kappa shape index (κ3) is 4.72. The zero-order chi connectivity index (χ0) is 17.1. The van der Waals surface area contributed by atoms with Crippen molar-refractivity contribution in [2.24, 2.45) is 10.9 Å². The number of nitrogens with zero attached hydrogens (tertiary/aromatic N) is 5. The van der Waals surface area contributed by atoms with Crippen LogP contribution < -0.4 is 5.32 Å². The van der Waals surface area contributed by atoms with E-state index >= 15 is 0 Å². The van der Waals surface area contributed by atoms with E-state index in [1.165, 1.54) is 4.88 Å². The lowest BCUT2D eigenvalue weighted by molar-refractivity contribution is 0.189. The molecule has 3 heterocycles. The number of thiazole rings is 1. The highest BCUT2D eigenvalue weighted by Gasteiger charge is 2.28. The molecule has 1 saturated heterocycles. The smallest absolute Gasteiger partial charge is 0.194 e. The van der Waals surface area contributed by atoms with Crippen LogP contribution in [-0.4, -0.2) is 45.5 Å². The maximum absolute atomic E-state index is 4.50. The Morgan fingerprint density at radius 3 is 2.84 bits per heavy atom. The van der Waals surface area contributed by atoms with Crippen LogP contribution in [0.1, 0.15) is 35.0 Å². The maximum Gasteiger partial charge on any atom is 0.194 e. The molecular weight excluding hydrogens is 447 g/mol. The second kappa shape index (κ2) is 8.98. The molecule has 2 unspecified atom stereocenters. The molecule has 8 heteroatoms. The predicted octanol–water partition coefficient (Wildman–Crippen LogP) is 3.23. The number of hydrogen-bond acceptors (Lipinski definition) is 4. The van der Waals surface area contributed by atoms with Crippen LogP contribution >= 0.6 is 35.3 Å². The van der Waals surface area contributed by atoms with Crippen molar-refractivity contribution in [3.8, 4) is 0 Å². The van der Waals surface area contributed by atoms with Gasteiger partial charge in [-0.2, -0.15) is 0 Å². The molecule has 2 aromatic heterocycles. The number of nitrogens with one attached hydrogen (secondary N) is 1. The molecule has 0 amide bonds. The topological polar surface area (TPSA) is 58.3 Å². The van der Waals surface area contributed by atoms with Crippen molar-refractivity contribution in [1.82, 2.24) is 24.8 Å². The summed E-state index contributed by atoms with van der Waals surface area (Å²) in [6.07, 6.45) is 6.99. The van der Waals surface area contributed by atoms with Gasteiger partial charge in [0.05, 0.1) is 29.6 Å². The van der Waals surface area contributed by atoms with Crippen LogP contribution in [0.5, 0.6) is 0 Å². The first-order valence-corrected chi connectivity index (χ1v) is 9.26. The fraction of sp³-hybridized carbons (Fsp3) is 0.588. The Balaban J connectivity index is 0.00000225. The first kappa shape index (κ1) is 20.2. The van der Waals surface area contributed by atoms with Crippen molar-refractivity contribution >= 4 is 41.3 Å². The van der Waals surface area contributed by atoms with Gasteiger partial charge in [0, 0.05) is 37.4 Å². The molecule has 0 bridgehead atoms. The van der Waals surface area contributed by atoms with Gasteiger partial charge >= 0.3 is 0 Å². The molecule has 0 saturated carbocycles. The van der Waals surface area contributed by atoms with Crippen LogP contribution in [0.4, 0.5) is 0 Å². The van der Waals surface area contributed by atoms with Crippen molar-refractivity contribution in [3.63, 3.8) is 0 Å². The van der Waals surface area contributed by atoms with Gasteiger partial charge in [0.2, 0.25) is 0 Å². The average Bonchev–Trinajstić information content (AvgIpc) is 3.19. The van der Waals surface area contributed by atoms with Crippen LogP contribution in [-0.2, 0) is 6.54 Å². The van der Waals surface area contributed by atoms with E-state index in [-0.39, 0.29) is 24.0 Å². The van der Waals surface area contributed by atoms with Gasteiger partial charge in [0.1, 0.15) is 0 Å². The third-order valence-corrected chi connectivity index (χ3v) is 5.82. The second-order valence-corrected chi connectivity index (χ2v) is 7.72. The monoisotopic (exact) mass is 474 g/mol. The van der Waals surface area contributed by atoms with E-state index in [9.17, 15) is 0 Å². The summed E-state index contributed by atoms with van der Waals surface area (Å²) in [7, 11) is 1.86. The van der Waals surface area contributed by atoms with Crippen LogP contribution in [0.25, 0.3) is 0 Å². The summed E-state index contributed by atoms with van der Waals surface area (Å²) in [5, 5.41) is 4.63. The van der Waals surface area contributed by atoms with Gasteiger partial charge in [-0.1, -0.05) is 6.92 Å². The molecule has 2 atom stereocenters. The lowest BCUT2D eigenvalue weighted by Gasteiger charge is -2.39. The number of aromatic nitrogens is 3. The van der Waals surface area contributed by atoms with Gasteiger partial charge in [-0.05, 0) is 26.2 Å². The molecule has 1 aliphatic heterocycles. The van der Waals surface area contributed by atoms with Gasteiger partial charge < -0.3 is 14.8 Å². The summed E-state index contributed by atoms with van der Waals surface area (Å²) in [5.41, 5.74) is 1.11. The Bertz CT molecular complexity index is 696. The number of guanidine groups is 1. The number of hydrogen-bond donors (Lipinski definition) is 1. The average molecular weight is 474 g/mol. The lowest BCUT2D eigenvalue weighted by atomic mass is 9.93. The number of rotatable bonds is 3. The molecule has 3 rings (SSSR count). The van der Waals surface area contributed by atoms with E-state index in [2.05, 4.69) is 56.7 Å². The van der Waals surface area contributed by atoms with Crippen LogP contribution in [0, 0.1) is 19.8 Å². The van der Waals surface area contributed by atoms with E-state index in [1.54, 1.807) is 11.3 Å². The summed E-state index contributed by atoms with van der Waals surface area (Å²) in [6, 6.07) is 0.437. The molecule has 6 nitrogen and oxygen atoms in total. The maximum atomic E-state index is 4.50. The van der Waals surface area contributed by atoms with Crippen molar-refractivity contribution in [2.45, 2.75) is 39.8 Å². The molecule has 0 spiro atoms. The molecule has 0 aliphatic carbocycles. The zero-order valence-corrected chi connectivity index (χ0v) is 18.4. The van der Waals surface area contributed by atoms with E-state index in [0.717, 1.165) is 42.7 Å².